The van der Waals surface area contributed by atoms with Crippen LogP contribution in [-0.4, -0.2) is 15.0 Å². The summed E-state index contributed by atoms with van der Waals surface area (Å²) in [4.78, 5) is 16.0. The van der Waals surface area contributed by atoms with Gasteiger partial charge in [0.1, 0.15) is 5.52 Å². The number of pyridine rings is 1. The van der Waals surface area contributed by atoms with Gasteiger partial charge in [-0.05, 0) is 86.3 Å². The third kappa shape index (κ3) is 5.37. The van der Waals surface area contributed by atoms with Crippen molar-refractivity contribution in [3.05, 3.63) is 188 Å². The Bertz CT molecular complexity index is 2850. The van der Waals surface area contributed by atoms with Crippen molar-refractivity contribution in [3.63, 3.8) is 0 Å². The molecule has 2 aromatic heterocycles. The van der Waals surface area contributed by atoms with Gasteiger partial charge in [-0.2, -0.15) is 0 Å². The van der Waals surface area contributed by atoms with E-state index in [-0.39, 0.29) is 0 Å². The molecule has 0 amide bonds. The second kappa shape index (κ2) is 12.4. The van der Waals surface area contributed by atoms with Crippen molar-refractivity contribution in [1.29, 1.82) is 0 Å². The molecule has 10 aromatic rings. The Hall–Kier alpha value is -6.97. The highest BCUT2D eigenvalue weighted by atomic mass is 14.9. The number of fused-ring (bicyclic) bond motifs is 5. The predicted octanol–water partition coefficient (Wildman–Crippen LogP) is 12.8. The van der Waals surface area contributed by atoms with Crippen LogP contribution in [0, 0.1) is 0 Å². The van der Waals surface area contributed by atoms with Crippen LogP contribution in [0.2, 0.25) is 0 Å². The topological polar surface area (TPSA) is 38.7 Å². The van der Waals surface area contributed by atoms with E-state index < -0.39 is 0 Å². The predicted molar refractivity (Wildman–Crippen MR) is 217 cm³/mol. The highest BCUT2D eigenvalue weighted by Crippen LogP contribution is 2.38. The Balaban J connectivity index is 1.25. The lowest BCUT2D eigenvalue weighted by molar-refractivity contribution is 1.23. The number of nitrogens with zero attached hydrogens (tertiary/aromatic N) is 3. The molecule has 0 radical (unpaired) electrons. The summed E-state index contributed by atoms with van der Waals surface area (Å²) in [7, 11) is 0. The maximum absolute atomic E-state index is 5.39. The average molecular weight is 662 g/mol. The fourth-order valence-corrected chi connectivity index (χ4v) is 7.32. The number of rotatable bonds is 5. The molecule has 0 fully saturated rings. The molecule has 0 atom stereocenters. The van der Waals surface area contributed by atoms with Crippen LogP contribution in [-0.2, 0) is 0 Å². The molecule has 0 spiro atoms. The van der Waals surface area contributed by atoms with Crippen LogP contribution < -0.4 is 0 Å². The van der Waals surface area contributed by atoms with Gasteiger partial charge in [0.2, 0.25) is 0 Å². The first-order valence-corrected chi connectivity index (χ1v) is 17.6. The molecule has 0 saturated carbocycles. The van der Waals surface area contributed by atoms with Gasteiger partial charge in [0.05, 0.1) is 16.9 Å². The van der Waals surface area contributed by atoms with Crippen molar-refractivity contribution in [2.24, 2.45) is 0 Å². The lowest BCUT2D eigenvalue weighted by Gasteiger charge is -2.14. The minimum Gasteiger partial charge on any atom is -0.245 e. The smallest absolute Gasteiger partial charge is 0.160 e. The molecular formula is C49H31N3. The van der Waals surface area contributed by atoms with E-state index in [4.69, 9.17) is 15.0 Å². The van der Waals surface area contributed by atoms with Crippen LogP contribution in [0.5, 0.6) is 0 Å². The minimum absolute atomic E-state index is 0.662. The van der Waals surface area contributed by atoms with E-state index in [1.54, 1.807) is 0 Å². The minimum atomic E-state index is 0.662. The van der Waals surface area contributed by atoms with Crippen molar-refractivity contribution in [2.75, 3.05) is 0 Å². The third-order valence-corrected chi connectivity index (χ3v) is 10.00. The molecule has 242 valence electrons. The molecule has 0 aliphatic heterocycles. The highest BCUT2D eigenvalue weighted by molar-refractivity contribution is 6.08. The first-order chi connectivity index (χ1) is 25.7. The third-order valence-electron chi connectivity index (χ3n) is 10.00. The first kappa shape index (κ1) is 29.9. The van der Waals surface area contributed by atoms with Gasteiger partial charge in [-0.1, -0.05) is 146 Å². The largest absolute Gasteiger partial charge is 0.245 e. The van der Waals surface area contributed by atoms with Crippen LogP contribution in [0.15, 0.2) is 188 Å². The lowest BCUT2D eigenvalue weighted by atomic mass is 9.93. The molecule has 2 heterocycles. The summed E-state index contributed by atoms with van der Waals surface area (Å²) in [6, 6.07) is 66.4. The van der Waals surface area contributed by atoms with Crippen LogP contribution in [0.1, 0.15) is 0 Å². The number of aromatic nitrogens is 3. The summed E-state index contributed by atoms with van der Waals surface area (Å²) in [5.41, 5.74) is 11.1. The fraction of sp³-hybridized carbons (Fsp3) is 0. The molecule has 3 nitrogen and oxygen atoms in total. The van der Waals surface area contributed by atoms with Gasteiger partial charge in [0.25, 0.3) is 0 Å². The molecule has 0 aliphatic rings. The Morgan fingerprint density at radius 2 is 0.788 bits per heavy atom. The van der Waals surface area contributed by atoms with E-state index in [0.29, 0.717) is 5.82 Å². The monoisotopic (exact) mass is 661 g/mol. The van der Waals surface area contributed by atoms with Crippen LogP contribution in [0.3, 0.4) is 0 Å². The normalized spacial score (nSPS) is 11.5. The summed E-state index contributed by atoms with van der Waals surface area (Å²) in [5, 5.41) is 6.86. The quantitative estimate of drug-likeness (QED) is 0.172. The zero-order valence-corrected chi connectivity index (χ0v) is 28.2. The van der Waals surface area contributed by atoms with E-state index in [2.05, 4.69) is 164 Å². The van der Waals surface area contributed by atoms with Crippen molar-refractivity contribution >= 4 is 43.4 Å². The Kier molecular flexibility index (Phi) is 7.14. The molecule has 0 bridgehead atoms. The van der Waals surface area contributed by atoms with Crippen molar-refractivity contribution in [2.45, 2.75) is 0 Å². The zero-order valence-electron chi connectivity index (χ0n) is 28.2. The lowest BCUT2D eigenvalue weighted by Crippen LogP contribution is -1.98. The van der Waals surface area contributed by atoms with Crippen LogP contribution in [0.25, 0.3) is 99.5 Å². The van der Waals surface area contributed by atoms with Crippen molar-refractivity contribution in [3.8, 4) is 56.2 Å². The summed E-state index contributed by atoms with van der Waals surface area (Å²) in [5.74, 6) is 0.662. The standard InChI is InChI=1S/C49H31N3/c1-3-13-34(14-4-1)45-26-24-36-23-25-44-46(35-15-5-2-6-16-35)51-49(52-48(44)47(36)50-45)43-30-41(39-21-19-32-11-7-9-17-37(32)27-39)29-42(31-43)40-22-20-33-12-8-10-18-38(33)28-40/h1-31H. The second-order valence-electron chi connectivity index (χ2n) is 13.3. The SMILES string of the molecule is c1ccc(-c2ccc3ccc4c(-c5ccccc5)nc(-c5cc(-c6ccc7ccccc7c6)cc(-c6ccc7ccccc7c6)c5)nc4c3n2)cc1. The van der Waals surface area contributed by atoms with E-state index in [0.717, 1.165) is 72.1 Å². The summed E-state index contributed by atoms with van der Waals surface area (Å²) < 4.78 is 0. The van der Waals surface area contributed by atoms with Crippen molar-refractivity contribution < 1.29 is 0 Å². The Morgan fingerprint density at radius 3 is 1.42 bits per heavy atom. The Labute approximate surface area is 301 Å². The van der Waals surface area contributed by atoms with Gasteiger partial charge >= 0.3 is 0 Å². The van der Waals surface area contributed by atoms with Gasteiger partial charge < -0.3 is 0 Å². The van der Waals surface area contributed by atoms with Crippen LogP contribution in [0.4, 0.5) is 0 Å². The molecule has 8 aromatic carbocycles. The molecule has 3 heteroatoms. The number of hydrogen-bond donors (Lipinski definition) is 0. The Morgan fingerprint density at radius 1 is 0.269 bits per heavy atom. The van der Waals surface area contributed by atoms with Gasteiger partial charge in [-0.25, -0.2) is 15.0 Å². The summed E-state index contributed by atoms with van der Waals surface area (Å²) >= 11 is 0. The maximum Gasteiger partial charge on any atom is 0.160 e. The molecule has 52 heavy (non-hydrogen) atoms. The van der Waals surface area contributed by atoms with Gasteiger partial charge in [-0.15, -0.1) is 0 Å². The van der Waals surface area contributed by atoms with E-state index in [1.807, 2.05) is 24.3 Å². The number of benzene rings is 8. The van der Waals surface area contributed by atoms with Crippen LogP contribution >= 0.6 is 0 Å². The number of hydrogen-bond acceptors (Lipinski definition) is 3. The zero-order chi connectivity index (χ0) is 34.4. The molecule has 0 saturated heterocycles. The van der Waals surface area contributed by atoms with E-state index in [9.17, 15) is 0 Å². The molecule has 0 aliphatic carbocycles. The van der Waals surface area contributed by atoms with Gasteiger partial charge in [0.15, 0.2) is 5.82 Å². The van der Waals surface area contributed by atoms with E-state index in [1.165, 1.54) is 21.5 Å². The average Bonchev–Trinajstić information content (AvgIpc) is 3.23. The van der Waals surface area contributed by atoms with Gasteiger partial charge in [0, 0.05) is 27.5 Å². The maximum atomic E-state index is 5.39. The highest BCUT2D eigenvalue weighted by Gasteiger charge is 2.17. The van der Waals surface area contributed by atoms with Gasteiger partial charge in [-0.3, -0.25) is 0 Å². The molecule has 0 N–H and O–H groups in total. The molecule has 10 rings (SSSR count). The summed E-state index contributed by atoms with van der Waals surface area (Å²) in [6.45, 7) is 0. The first-order valence-electron chi connectivity index (χ1n) is 17.6. The summed E-state index contributed by atoms with van der Waals surface area (Å²) in [6.07, 6.45) is 0. The molecular weight excluding hydrogens is 631 g/mol. The van der Waals surface area contributed by atoms with E-state index >= 15 is 0 Å². The molecule has 0 unspecified atom stereocenters. The fourth-order valence-electron chi connectivity index (χ4n) is 7.32. The second-order valence-corrected chi connectivity index (χ2v) is 13.3. The van der Waals surface area contributed by atoms with Crippen molar-refractivity contribution in [1.82, 2.24) is 15.0 Å².